The zero-order valence-corrected chi connectivity index (χ0v) is 7.13. The Balaban J connectivity index is 2.89. The van der Waals surface area contributed by atoms with Gasteiger partial charge in [0.25, 0.3) is 5.56 Å². The summed E-state index contributed by atoms with van der Waals surface area (Å²) in [6.45, 7) is 0. The predicted octanol–water partition coefficient (Wildman–Crippen LogP) is 0.193. The van der Waals surface area contributed by atoms with Crippen LogP contribution in [0.4, 0.5) is 5.95 Å². The zero-order valence-electron chi connectivity index (χ0n) is 6.31. The molecule has 0 radical (unpaired) electrons. The molecule has 5 nitrogen and oxygen atoms in total. The average molecular weight is 182 g/mol. The molecule has 0 fully saturated rings. The number of fused-ring (bicyclic) bond motifs is 1. The second-order valence-corrected chi connectivity index (χ2v) is 2.94. The lowest BCUT2D eigenvalue weighted by Gasteiger charge is -1.94. The molecule has 0 aromatic carbocycles. The van der Waals surface area contributed by atoms with E-state index in [2.05, 4.69) is 15.3 Å². The van der Waals surface area contributed by atoms with Crippen LogP contribution in [-0.2, 0) is 0 Å². The number of nitrogens with one attached hydrogen (secondary N) is 1. The summed E-state index contributed by atoms with van der Waals surface area (Å²) in [5.74, 6) is 0.662. The van der Waals surface area contributed by atoms with Crippen molar-refractivity contribution >= 4 is 23.0 Å². The Kier molecular flexibility index (Phi) is 1.54. The molecule has 62 valence electrons. The maximum absolute atomic E-state index is 11.1. The summed E-state index contributed by atoms with van der Waals surface area (Å²) < 4.78 is 1.70. The van der Waals surface area contributed by atoms with Crippen LogP contribution in [0.5, 0.6) is 0 Å². The lowest BCUT2D eigenvalue weighted by molar-refractivity contribution is 1.20. The molecular formula is C6H6N4OS. The quantitative estimate of drug-likeness (QED) is 0.684. The van der Waals surface area contributed by atoms with Gasteiger partial charge in [-0.3, -0.25) is 4.79 Å². The Morgan fingerprint density at radius 2 is 2.42 bits per heavy atom. The fourth-order valence-corrected chi connectivity index (χ4v) is 1.66. The third-order valence-electron chi connectivity index (χ3n) is 1.49. The number of hydrogen-bond donors (Lipinski definition) is 1. The molecule has 0 aliphatic carbocycles. The van der Waals surface area contributed by atoms with Crippen LogP contribution in [0.3, 0.4) is 0 Å². The Hall–Kier alpha value is -1.43. The lowest BCUT2D eigenvalue weighted by Crippen LogP contribution is -2.06. The van der Waals surface area contributed by atoms with Gasteiger partial charge in [0, 0.05) is 7.05 Å². The number of imidazole rings is 1. The van der Waals surface area contributed by atoms with Crippen molar-refractivity contribution in [2.45, 2.75) is 0 Å². The molecule has 2 rings (SSSR count). The molecule has 0 unspecified atom stereocenters. The first kappa shape index (κ1) is 7.23. The van der Waals surface area contributed by atoms with Gasteiger partial charge in [0.15, 0.2) is 0 Å². The van der Waals surface area contributed by atoms with Gasteiger partial charge in [0.05, 0.1) is 6.20 Å². The number of anilines is 1. The van der Waals surface area contributed by atoms with Crippen LogP contribution in [0.2, 0.25) is 0 Å². The first-order chi connectivity index (χ1) is 5.83. The predicted molar refractivity (Wildman–Crippen MR) is 46.7 cm³/mol. The number of rotatable bonds is 1. The van der Waals surface area contributed by atoms with Gasteiger partial charge in [0.2, 0.25) is 5.95 Å². The molecule has 0 amide bonds. The first-order valence-electron chi connectivity index (χ1n) is 3.32. The van der Waals surface area contributed by atoms with Crippen molar-refractivity contribution in [3.63, 3.8) is 0 Å². The van der Waals surface area contributed by atoms with Crippen molar-refractivity contribution < 1.29 is 0 Å². The SMILES string of the molecule is CNc1ncc2c(=O)ncsn12. The lowest BCUT2D eigenvalue weighted by atomic mass is 10.6. The van der Waals surface area contributed by atoms with Gasteiger partial charge in [-0.05, 0) is 11.5 Å². The van der Waals surface area contributed by atoms with Gasteiger partial charge in [-0.25, -0.2) is 13.8 Å². The topological polar surface area (TPSA) is 59.3 Å². The fourth-order valence-electron chi connectivity index (χ4n) is 0.941. The zero-order chi connectivity index (χ0) is 8.55. The minimum Gasteiger partial charge on any atom is -0.358 e. The first-order valence-corrected chi connectivity index (χ1v) is 4.16. The monoisotopic (exact) mass is 182 g/mol. The molecule has 6 heteroatoms. The van der Waals surface area contributed by atoms with Gasteiger partial charge in [-0.1, -0.05) is 0 Å². The van der Waals surface area contributed by atoms with E-state index in [9.17, 15) is 4.79 Å². The standard InChI is InChI=1S/C6H6N4OS/c1-7-6-8-2-4-5(11)9-3-12-10(4)6/h2-3H,1H3,(H,7,8). The molecule has 0 aliphatic rings. The molecule has 0 atom stereocenters. The smallest absolute Gasteiger partial charge is 0.297 e. The van der Waals surface area contributed by atoms with E-state index in [-0.39, 0.29) is 5.56 Å². The summed E-state index contributed by atoms with van der Waals surface area (Å²) >= 11 is 1.33. The second-order valence-electron chi connectivity index (χ2n) is 2.16. The molecular weight excluding hydrogens is 176 g/mol. The Morgan fingerprint density at radius 3 is 3.17 bits per heavy atom. The highest BCUT2D eigenvalue weighted by molar-refractivity contribution is 7.04. The van der Waals surface area contributed by atoms with E-state index >= 15 is 0 Å². The van der Waals surface area contributed by atoms with Crippen molar-refractivity contribution in [2.24, 2.45) is 0 Å². The number of hydrogen-bond acceptors (Lipinski definition) is 5. The van der Waals surface area contributed by atoms with Crippen molar-refractivity contribution in [3.05, 3.63) is 22.1 Å². The third-order valence-corrected chi connectivity index (χ3v) is 2.27. The average Bonchev–Trinajstić information content (AvgIpc) is 2.49. The van der Waals surface area contributed by atoms with E-state index < -0.39 is 0 Å². The highest BCUT2D eigenvalue weighted by atomic mass is 32.1. The van der Waals surface area contributed by atoms with Gasteiger partial charge < -0.3 is 5.32 Å². The molecule has 2 heterocycles. The minimum absolute atomic E-state index is 0.247. The highest BCUT2D eigenvalue weighted by Crippen LogP contribution is 2.08. The fraction of sp³-hybridized carbons (Fsp3) is 0.167. The molecule has 1 N–H and O–H groups in total. The largest absolute Gasteiger partial charge is 0.358 e. The van der Waals surface area contributed by atoms with Gasteiger partial charge in [-0.15, -0.1) is 0 Å². The van der Waals surface area contributed by atoms with Crippen LogP contribution >= 0.6 is 11.5 Å². The molecule has 2 aromatic heterocycles. The van der Waals surface area contributed by atoms with Gasteiger partial charge >= 0.3 is 0 Å². The number of aromatic nitrogens is 3. The van der Waals surface area contributed by atoms with E-state index in [0.29, 0.717) is 11.5 Å². The molecule has 0 aliphatic heterocycles. The highest BCUT2D eigenvalue weighted by Gasteiger charge is 2.03. The molecule has 0 saturated carbocycles. The molecule has 0 bridgehead atoms. The van der Waals surface area contributed by atoms with Crippen molar-refractivity contribution in [1.82, 2.24) is 13.8 Å². The van der Waals surface area contributed by atoms with E-state index in [1.165, 1.54) is 23.2 Å². The van der Waals surface area contributed by atoms with E-state index in [0.717, 1.165) is 0 Å². The Bertz CT molecular complexity index is 460. The Morgan fingerprint density at radius 1 is 1.58 bits per heavy atom. The Labute approximate surface area is 71.9 Å². The number of nitrogens with zero attached hydrogens (tertiary/aromatic N) is 3. The van der Waals surface area contributed by atoms with Crippen LogP contribution in [0.25, 0.3) is 5.52 Å². The van der Waals surface area contributed by atoms with E-state index in [1.54, 1.807) is 10.8 Å². The minimum atomic E-state index is -0.247. The summed E-state index contributed by atoms with van der Waals surface area (Å²) in [5.41, 5.74) is 1.76. The summed E-state index contributed by atoms with van der Waals surface area (Å²) in [5, 5.41) is 2.87. The van der Waals surface area contributed by atoms with Crippen molar-refractivity contribution in [3.8, 4) is 0 Å². The second kappa shape index (κ2) is 2.56. The molecule has 12 heavy (non-hydrogen) atoms. The third kappa shape index (κ3) is 0.884. The van der Waals surface area contributed by atoms with Crippen LogP contribution < -0.4 is 10.9 Å². The van der Waals surface area contributed by atoms with Crippen molar-refractivity contribution in [1.29, 1.82) is 0 Å². The normalized spacial score (nSPS) is 10.4. The summed E-state index contributed by atoms with van der Waals surface area (Å²) in [6, 6.07) is 0. The maximum atomic E-state index is 11.1. The molecule has 2 aromatic rings. The summed E-state index contributed by atoms with van der Waals surface area (Å²) in [4.78, 5) is 18.7. The van der Waals surface area contributed by atoms with E-state index in [1.807, 2.05) is 0 Å². The van der Waals surface area contributed by atoms with Crippen LogP contribution in [0.15, 0.2) is 16.5 Å². The summed E-state index contributed by atoms with van der Waals surface area (Å²) in [7, 11) is 1.76. The van der Waals surface area contributed by atoms with Gasteiger partial charge in [0.1, 0.15) is 11.0 Å². The molecule has 0 spiro atoms. The van der Waals surface area contributed by atoms with E-state index in [4.69, 9.17) is 0 Å². The summed E-state index contributed by atoms with van der Waals surface area (Å²) in [6.07, 6.45) is 1.51. The maximum Gasteiger partial charge on any atom is 0.297 e. The van der Waals surface area contributed by atoms with Crippen molar-refractivity contribution in [2.75, 3.05) is 12.4 Å². The van der Waals surface area contributed by atoms with Crippen LogP contribution in [0, 0.1) is 0 Å². The molecule has 0 saturated heterocycles. The van der Waals surface area contributed by atoms with Crippen LogP contribution in [0.1, 0.15) is 0 Å². The van der Waals surface area contributed by atoms with Crippen LogP contribution in [-0.4, -0.2) is 20.8 Å². The van der Waals surface area contributed by atoms with Gasteiger partial charge in [-0.2, -0.15) is 0 Å².